The van der Waals surface area contributed by atoms with Gasteiger partial charge in [0.05, 0.1) is 13.0 Å². The summed E-state index contributed by atoms with van der Waals surface area (Å²) in [5, 5.41) is 20.0. The molecule has 0 radical (unpaired) electrons. The van der Waals surface area contributed by atoms with Crippen molar-refractivity contribution in [2.45, 2.75) is 19.4 Å². The molecule has 0 spiro atoms. The number of pyridine rings is 1. The van der Waals surface area contributed by atoms with Crippen LogP contribution in [0.5, 0.6) is 0 Å². The first-order valence-electron chi connectivity index (χ1n) is 5.79. The van der Waals surface area contributed by atoms with Crippen LogP contribution in [0.2, 0.25) is 0 Å². The Hall–Kier alpha value is -2.64. The third-order valence-electron chi connectivity index (χ3n) is 2.29. The van der Waals surface area contributed by atoms with Crippen molar-refractivity contribution < 1.29 is 29.3 Å². The van der Waals surface area contributed by atoms with Crippen LogP contribution in [0.1, 0.15) is 23.7 Å². The normalized spacial score (nSPS) is 11.4. The molecule has 1 aromatic heterocycles. The molecule has 0 saturated carbocycles. The molecule has 0 aliphatic rings. The first-order valence-corrected chi connectivity index (χ1v) is 5.79. The summed E-state index contributed by atoms with van der Waals surface area (Å²) in [5.74, 6) is -3.33. The third-order valence-corrected chi connectivity index (χ3v) is 2.29. The highest BCUT2D eigenvalue weighted by molar-refractivity contribution is 5.95. The van der Waals surface area contributed by atoms with E-state index in [1.807, 2.05) is 0 Å². The fourth-order valence-corrected chi connectivity index (χ4v) is 1.43. The summed E-state index contributed by atoms with van der Waals surface area (Å²) in [7, 11) is 0. The van der Waals surface area contributed by atoms with Crippen molar-refractivity contribution in [2.24, 2.45) is 0 Å². The van der Waals surface area contributed by atoms with E-state index in [0.29, 0.717) is 0 Å². The molecule has 0 aliphatic heterocycles. The molecule has 20 heavy (non-hydrogen) atoms. The molecule has 0 aromatic carbocycles. The van der Waals surface area contributed by atoms with Crippen molar-refractivity contribution in [1.82, 2.24) is 4.98 Å². The maximum absolute atomic E-state index is 11.7. The smallest absolute Gasteiger partial charge is 0.341 e. The molecule has 1 atom stereocenters. The average molecular weight is 282 g/mol. The highest BCUT2D eigenvalue weighted by Crippen LogP contribution is 2.15. The van der Waals surface area contributed by atoms with Crippen LogP contribution in [-0.2, 0) is 14.3 Å². The zero-order valence-corrected chi connectivity index (χ0v) is 10.7. The predicted molar refractivity (Wildman–Crippen MR) is 67.5 cm³/mol. The molecular weight excluding hydrogens is 268 g/mol. The summed E-state index contributed by atoms with van der Waals surface area (Å²) in [6.07, 6.45) is 0.707. The van der Waals surface area contributed by atoms with E-state index >= 15 is 0 Å². The van der Waals surface area contributed by atoms with Gasteiger partial charge in [0.1, 0.15) is 17.4 Å². The van der Waals surface area contributed by atoms with Crippen LogP contribution in [0.25, 0.3) is 0 Å². The highest BCUT2D eigenvalue weighted by atomic mass is 16.5. The number of ether oxygens (including phenoxy) is 1. The van der Waals surface area contributed by atoms with Gasteiger partial charge < -0.3 is 20.3 Å². The van der Waals surface area contributed by atoms with Crippen LogP contribution in [0, 0.1) is 0 Å². The minimum Gasteiger partial charge on any atom is -0.481 e. The number of carboxylic acid groups (broad SMARTS) is 2. The van der Waals surface area contributed by atoms with E-state index in [1.165, 1.54) is 18.3 Å². The fourth-order valence-electron chi connectivity index (χ4n) is 1.43. The van der Waals surface area contributed by atoms with Crippen molar-refractivity contribution in [3.8, 4) is 0 Å². The largest absolute Gasteiger partial charge is 0.481 e. The number of anilines is 1. The number of carbonyl (C=O) groups excluding carboxylic acids is 1. The Morgan fingerprint density at radius 1 is 1.40 bits per heavy atom. The topological polar surface area (TPSA) is 126 Å². The lowest BCUT2D eigenvalue weighted by Crippen LogP contribution is -2.32. The van der Waals surface area contributed by atoms with Gasteiger partial charge in [-0.15, -0.1) is 0 Å². The maximum Gasteiger partial charge on any atom is 0.341 e. The average Bonchev–Trinajstić information content (AvgIpc) is 2.38. The Kier molecular flexibility index (Phi) is 5.45. The van der Waals surface area contributed by atoms with Gasteiger partial charge >= 0.3 is 17.9 Å². The van der Waals surface area contributed by atoms with E-state index in [1.54, 1.807) is 6.92 Å². The SMILES string of the molecule is CCOC(=O)c1cccnc1NC(CC(=O)O)C(=O)O. The molecule has 1 unspecified atom stereocenters. The van der Waals surface area contributed by atoms with Gasteiger partial charge in [-0.25, -0.2) is 14.6 Å². The fraction of sp³-hybridized carbons (Fsp3) is 0.333. The van der Waals surface area contributed by atoms with Crippen LogP contribution >= 0.6 is 0 Å². The minimum absolute atomic E-state index is 0.0281. The molecule has 8 nitrogen and oxygen atoms in total. The molecule has 1 rings (SSSR count). The molecule has 8 heteroatoms. The van der Waals surface area contributed by atoms with E-state index in [2.05, 4.69) is 10.3 Å². The number of hydrogen-bond acceptors (Lipinski definition) is 6. The second kappa shape index (κ2) is 7.07. The molecule has 1 heterocycles. The monoisotopic (exact) mass is 282 g/mol. The first-order chi connectivity index (χ1) is 9.45. The predicted octanol–water partition coefficient (Wildman–Crippen LogP) is 0.598. The van der Waals surface area contributed by atoms with E-state index in [0.717, 1.165) is 0 Å². The number of aromatic nitrogens is 1. The molecule has 0 aliphatic carbocycles. The van der Waals surface area contributed by atoms with Crippen LogP contribution in [0.4, 0.5) is 5.82 Å². The van der Waals surface area contributed by atoms with Gasteiger partial charge in [-0.2, -0.15) is 0 Å². The molecule has 1 aromatic rings. The summed E-state index contributed by atoms with van der Waals surface area (Å²) in [5.41, 5.74) is 0.0472. The summed E-state index contributed by atoms with van der Waals surface area (Å²) >= 11 is 0. The summed E-state index contributed by atoms with van der Waals surface area (Å²) in [6, 6.07) is 1.51. The van der Waals surface area contributed by atoms with Gasteiger partial charge in [0.2, 0.25) is 0 Å². The van der Waals surface area contributed by atoms with Gasteiger partial charge in [0.25, 0.3) is 0 Å². The Balaban J connectivity index is 2.97. The lowest BCUT2D eigenvalue weighted by atomic mass is 10.2. The summed E-state index contributed by atoms with van der Waals surface area (Å²) < 4.78 is 4.81. The van der Waals surface area contributed by atoms with Crippen molar-refractivity contribution in [1.29, 1.82) is 0 Å². The molecular formula is C12H14N2O6. The molecule has 0 fully saturated rings. The zero-order chi connectivity index (χ0) is 15.1. The van der Waals surface area contributed by atoms with E-state index in [-0.39, 0.29) is 18.0 Å². The lowest BCUT2D eigenvalue weighted by Gasteiger charge is -2.15. The van der Waals surface area contributed by atoms with Crippen LogP contribution in [0.15, 0.2) is 18.3 Å². The third kappa shape index (κ3) is 4.23. The van der Waals surface area contributed by atoms with Gasteiger partial charge in [0, 0.05) is 6.20 Å². The van der Waals surface area contributed by atoms with E-state index in [4.69, 9.17) is 14.9 Å². The minimum atomic E-state index is -1.39. The van der Waals surface area contributed by atoms with Gasteiger partial charge in [-0.05, 0) is 19.1 Å². The van der Waals surface area contributed by atoms with Crippen LogP contribution < -0.4 is 5.32 Å². The molecule has 0 bridgehead atoms. The lowest BCUT2D eigenvalue weighted by molar-refractivity contribution is -0.144. The Morgan fingerprint density at radius 3 is 2.65 bits per heavy atom. The van der Waals surface area contributed by atoms with Gasteiger partial charge in [-0.1, -0.05) is 0 Å². The second-order valence-corrected chi connectivity index (χ2v) is 3.75. The Labute approximate surface area is 114 Å². The standard InChI is InChI=1S/C12H14N2O6/c1-2-20-12(19)7-4-3-5-13-10(7)14-8(11(17)18)6-9(15)16/h3-5,8H,2,6H2,1H3,(H,13,14)(H,15,16)(H,17,18). The van der Waals surface area contributed by atoms with E-state index < -0.39 is 30.4 Å². The number of carbonyl (C=O) groups is 3. The number of aliphatic carboxylic acids is 2. The maximum atomic E-state index is 11.7. The summed E-state index contributed by atoms with van der Waals surface area (Å²) in [4.78, 5) is 37.1. The van der Waals surface area contributed by atoms with Gasteiger partial charge in [-0.3, -0.25) is 4.79 Å². The van der Waals surface area contributed by atoms with Crippen molar-refractivity contribution in [3.05, 3.63) is 23.9 Å². The highest BCUT2D eigenvalue weighted by Gasteiger charge is 2.23. The molecule has 108 valence electrons. The number of rotatable bonds is 7. The van der Waals surface area contributed by atoms with Crippen molar-refractivity contribution in [2.75, 3.05) is 11.9 Å². The number of esters is 1. The van der Waals surface area contributed by atoms with Gasteiger partial charge in [0.15, 0.2) is 0 Å². The molecule has 0 saturated heterocycles. The number of hydrogen-bond donors (Lipinski definition) is 3. The zero-order valence-electron chi connectivity index (χ0n) is 10.7. The Morgan fingerprint density at radius 2 is 2.10 bits per heavy atom. The summed E-state index contributed by atoms with van der Waals surface area (Å²) in [6.45, 7) is 1.79. The van der Waals surface area contributed by atoms with E-state index in [9.17, 15) is 14.4 Å². The quantitative estimate of drug-likeness (QED) is 0.620. The molecule has 3 N–H and O–H groups in total. The van der Waals surface area contributed by atoms with Crippen LogP contribution in [0.3, 0.4) is 0 Å². The number of nitrogens with one attached hydrogen (secondary N) is 1. The number of carboxylic acids is 2. The number of nitrogens with zero attached hydrogens (tertiary/aromatic N) is 1. The Bertz CT molecular complexity index is 516. The van der Waals surface area contributed by atoms with Crippen molar-refractivity contribution in [3.63, 3.8) is 0 Å². The van der Waals surface area contributed by atoms with Crippen molar-refractivity contribution >= 4 is 23.7 Å². The second-order valence-electron chi connectivity index (χ2n) is 3.75. The molecule has 0 amide bonds. The first kappa shape index (κ1) is 15.4. The van der Waals surface area contributed by atoms with Crippen LogP contribution in [-0.4, -0.2) is 45.8 Å².